The lowest BCUT2D eigenvalue weighted by Gasteiger charge is -2.32. The minimum atomic E-state index is -1.22. The normalized spacial score (nSPS) is 13.3. The molecule has 0 aromatic rings. The van der Waals surface area contributed by atoms with Crippen LogP contribution in [0.4, 0.5) is 0 Å². The first-order valence-electron chi connectivity index (χ1n) is 5.82. The Morgan fingerprint density at radius 3 is 2.11 bits per heavy atom. The number of carboxylic acids is 2. The van der Waals surface area contributed by atoms with Crippen molar-refractivity contribution in [2.45, 2.75) is 31.7 Å². The van der Waals surface area contributed by atoms with Gasteiger partial charge >= 0.3 is 11.9 Å². The van der Waals surface area contributed by atoms with Gasteiger partial charge in [-0.1, -0.05) is 13.3 Å². The minimum Gasteiger partial charge on any atom is -0.481 e. The second-order valence-corrected chi connectivity index (χ2v) is 4.36. The summed E-state index contributed by atoms with van der Waals surface area (Å²) in [5, 5.41) is 38.7. The van der Waals surface area contributed by atoms with E-state index in [0.29, 0.717) is 12.8 Å². The maximum atomic E-state index is 10.9. The number of hydrogen-bond donors (Lipinski definition) is 5. The average Bonchev–Trinajstić information content (AvgIpc) is 2.32. The van der Waals surface area contributed by atoms with Crippen LogP contribution in [0.25, 0.3) is 0 Å². The van der Waals surface area contributed by atoms with Gasteiger partial charge in [0, 0.05) is 6.54 Å². The van der Waals surface area contributed by atoms with Crippen LogP contribution in [0.1, 0.15) is 26.2 Å². The summed E-state index contributed by atoms with van der Waals surface area (Å²) in [5.74, 6) is -3.50. The van der Waals surface area contributed by atoms with Gasteiger partial charge < -0.3 is 25.7 Å². The zero-order valence-corrected chi connectivity index (χ0v) is 10.4. The van der Waals surface area contributed by atoms with Gasteiger partial charge in [-0.3, -0.25) is 9.59 Å². The van der Waals surface area contributed by atoms with Crippen LogP contribution in [-0.2, 0) is 9.59 Å². The number of hydrogen-bond acceptors (Lipinski definition) is 5. The van der Waals surface area contributed by atoms with Crippen molar-refractivity contribution in [3.8, 4) is 0 Å². The highest BCUT2D eigenvalue weighted by Crippen LogP contribution is 2.13. The first-order valence-corrected chi connectivity index (χ1v) is 5.82. The fourth-order valence-corrected chi connectivity index (χ4v) is 1.68. The molecule has 0 spiro atoms. The summed E-state index contributed by atoms with van der Waals surface area (Å²) in [6, 6.07) is 0. The predicted octanol–water partition coefficient (Wildman–Crippen LogP) is -0.725. The molecule has 1 unspecified atom stereocenters. The molecule has 0 heterocycles. The molecule has 0 saturated heterocycles. The summed E-state index contributed by atoms with van der Waals surface area (Å²) >= 11 is 0. The van der Waals surface area contributed by atoms with Crippen molar-refractivity contribution in [1.29, 1.82) is 0 Å². The molecule has 0 aliphatic rings. The molecule has 0 aromatic heterocycles. The fraction of sp³-hybridized carbons (Fsp3) is 0.818. The Bertz CT molecular complexity index is 277. The SMILES string of the molecule is CCCC(CO)(CO)NCC(CC(=O)O)C(=O)O. The Morgan fingerprint density at radius 1 is 1.22 bits per heavy atom. The molecule has 7 heteroatoms. The van der Waals surface area contributed by atoms with Crippen LogP contribution in [-0.4, -0.2) is 57.7 Å². The molecule has 5 N–H and O–H groups in total. The number of carboxylic acid groups (broad SMARTS) is 2. The largest absolute Gasteiger partial charge is 0.481 e. The van der Waals surface area contributed by atoms with E-state index in [-0.39, 0.29) is 19.8 Å². The van der Waals surface area contributed by atoms with E-state index in [1.165, 1.54) is 0 Å². The molecule has 18 heavy (non-hydrogen) atoms. The topological polar surface area (TPSA) is 127 Å². The second kappa shape index (κ2) is 8.02. The van der Waals surface area contributed by atoms with Crippen molar-refractivity contribution in [3.63, 3.8) is 0 Å². The minimum absolute atomic E-state index is 0.108. The Kier molecular flexibility index (Phi) is 7.49. The third kappa shape index (κ3) is 5.44. The molecular weight excluding hydrogens is 242 g/mol. The van der Waals surface area contributed by atoms with Crippen LogP contribution in [0.2, 0.25) is 0 Å². The first-order chi connectivity index (χ1) is 8.40. The highest BCUT2D eigenvalue weighted by molar-refractivity contribution is 5.77. The lowest BCUT2D eigenvalue weighted by molar-refractivity contribution is -0.148. The molecule has 0 saturated carbocycles. The van der Waals surface area contributed by atoms with Crippen LogP contribution < -0.4 is 5.32 Å². The van der Waals surface area contributed by atoms with Gasteiger partial charge in [-0.25, -0.2) is 0 Å². The van der Waals surface area contributed by atoms with Gasteiger partial charge in [-0.2, -0.15) is 0 Å². The van der Waals surface area contributed by atoms with Crippen molar-refractivity contribution >= 4 is 11.9 Å². The van der Waals surface area contributed by atoms with Gasteiger partial charge in [-0.15, -0.1) is 0 Å². The van der Waals surface area contributed by atoms with Crippen molar-refractivity contribution in [1.82, 2.24) is 5.32 Å². The summed E-state index contributed by atoms with van der Waals surface area (Å²) in [6.07, 6.45) is 0.672. The molecule has 0 amide bonds. The smallest absolute Gasteiger partial charge is 0.308 e. The fourth-order valence-electron chi connectivity index (χ4n) is 1.68. The predicted molar refractivity (Wildman–Crippen MR) is 63.2 cm³/mol. The Labute approximate surface area is 105 Å². The summed E-state index contributed by atoms with van der Waals surface area (Å²) in [5.41, 5.74) is -0.957. The maximum absolute atomic E-state index is 10.9. The first kappa shape index (κ1) is 16.8. The number of aliphatic hydroxyl groups excluding tert-OH is 2. The number of nitrogens with one attached hydrogen (secondary N) is 1. The number of rotatable bonds is 10. The molecule has 0 aliphatic carbocycles. The zero-order valence-electron chi connectivity index (χ0n) is 10.4. The second-order valence-electron chi connectivity index (χ2n) is 4.36. The van der Waals surface area contributed by atoms with E-state index in [9.17, 15) is 19.8 Å². The highest BCUT2D eigenvalue weighted by atomic mass is 16.4. The molecule has 7 nitrogen and oxygen atoms in total. The summed E-state index contributed by atoms with van der Waals surface area (Å²) in [4.78, 5) is 21.4. The third-order valence-corrected chi connectivity index (χ3v) is 2.83. The summed E-state index contributed by atoms with van der Waals surface area (Å²) in [6.45, 7) is 1.09. The van der Waals surface area contributed by atoms with Gasteiger partial charge in [-0.05, 0) is 6.42 Å². The highest BCUT2D eigenvalue weighted by Gasteiger charge is 2.30. The lowest BCUT2D eigenvalue weighted by Crippen LogP contribution is -2.53. The molecule has 0 fully saturated rings. The number of aliphatic carboxylic acids is 2. The quantitative estimate of drug-likeness (QED) is 0.352. The third-order valence-electron chi connectivity index (χ3n) is 2.83. The van der Waals surface area contributed by atoms with Crippen molar-refractivity contribution in [2.24, 2.45) is 5.92 Å². The van der Waals surface area contributed by atoms with E-state index < -0.39 is 29.8 Å². The number of aliphatic hydroxyl groups is 2. The van der Waals surface area contributed by atoms with E-state index in [0.717, 1.165) is 0 Å². The van der Waals surface area contributed by atoms with E-state index in [4.69, 9.17) is 10.2 Å². The van der Waals surface area contributed by atoms with Gasteiger partial charge in [0.05, 0.1) is 31.1 Å². The van der Waals surface area contributed by atoms with Crippen molar-refractivity contribution in [3.05, 3.63) is 0 Å². The average molecular weight is 263 g/mol. The maximum Gasteiger partial charge on any atom is 0.308 e. The molecular formula is C11H21NO6. The summed E-state index contributed by atoms with van der Waals surface area (Å²) in [7, 11) is 0. The van der Waals surface area contributed by atoms with E-state index >= 15 is 0 Å². The molecule has 0 aromatic carbocycles. The van der Waals surface area contributed by atoms with E-state index in [2.05, 4.69) is 5.32 Å². The zero-order chi connectivity index (χ0) is 14.2. The van der Waals surface area contributed by atoms with Gasteiger partial charge in [0.25, 0.3) is 0 Å². The molecule has 106 valence electrons. The number of carbonyl (C=O) groups is 2. The molecule has 1 atom stereocenters. The van der Waals surface area contributed by atoms with Crippen molar-refractivity contribution in [2.75, 3.05) is 19.8 Å². The lowest BCUT2D eigenvalue weighted by atomic mass is 9.94. The van der Waals surface area contributed by atoms with Crippen LogP contribution in [0.5, 0.6) is 0 Å². The Morgan fingerprint density at radius 2 is 1.78 bits per heavy atom. The Hall–Kier alpha value is -1.18. The van der Waals surface area contributed by atoms with Gasteiger partial charge in [0.1, 0.15) is 0 Å². The van der Waals surface area contributed by atoms with Crippen molar-refractivity contribution < 1.29 is 30.0 Å². The molecule has 0 radical (unpaired) electrons. The Balaban J connectivity index is 4.54. The standard InChI is InChI=1S/C11H21NO6/c1-2-3-11(6-13,7-14)12-5-8(10(17)18)4-9(15)16/h8,12-14H,2-7H2,1H3,(H,15,16)(H,17,18). The molecule has 0 bridgehead atoms. The van der Waals surface area contributed by atoms with E-state index in [1.54, 1.807) is 0 Å². The summed E-state index contributed by atoms with van der Waals surface area (Å²) < 4.78 is 0. The molecule has 0 rings (SSSR count). The van der Waals surface area contributed by atoms with Crippen LogP contribution in [0.15, 0.2) is 0 Å². The van der Waals surface area contributed by atoms with Gasteiger partial charge in [0.2, 0.25) is 0 Å². The molecule has 0 aliphatic heterocycles. The van der Waals surface area contributed by atoms with Crippen LogP contribution >= 0.6 is 0 Å². The monoisotopic (exact) mass is 263 g/mol. The van der Waals surface area contributed by atoms with E-state index in [1.807, 2.05) is 6.92 Å². The van der Waals surface area contributed by atoms with Crippen LogP contribution in [0, 0.1) is 5.92 Å². The van der Waals surface area contributed by atoms with Gasteiger partial charge in [0.15, 0.2) is 0 Å². The van der Waals surface area contributed by atoms with Crippen LogP contribution in [0.3, 0.4) is 0 Å².